The van der Waals surface area contributed by atoms with Crippen molar-refractivity contribution in [2.45, 2.75) is 43.5 Å². The van der Waals surface area contributed by atoms with Crippen LogP contribution in [0.2, 0.25) is 0 Å². The molecule has 0 radical (unpaired) electrons. The molecule has 0 aromatic carbocycles. The highest BCUT2D eigenvalue weighted by molar-refractivity contribution is 5.76. The van der Waals surface area contributed by atoms with Gasteiger partial charge in [0.05, 0.1) is 12.8 Å². The first-order valence-corrected chi connectivity index (χ1v) is 5.58. The Kier molecular flexibility index (Phi) is 5.63. The fraction of sp³-hybridized carbons (Fsp3) is 0.800. The molecule has 1 rings (SSSR count). The molecule has 110 valence electrons. The first-order chi connectivity index (χ1) is 8.82. The number of aliphatic hydroxyl groups is 4. The molecule has 5 atom stereocenters. The average Bonchev–Trinajstić information content (AvgIpc) is 2.36. The van der Waals surface area contributed by atoms with Crippen molar-refractivity contribution in [1.29, 1.82) is 0 Å². The van der Waals surface area contributed by atoms with Crippen LogP contribution in [-0.2, 0) is 19.1 Å². The van der Waals surface area contributed by atoms with Crippen molar-refractivity contribution >= 4 is 11.9 Å². The van der Waals surface area contributed by atoms with Gasteiger partial charge in [0.2, 0.25) is 0 Å². The van der Waals surface area contributed by atoms with Gasteiger partial charge in [0.15, 0.2) is 6.29 Å². The molecule has 9 nitrogen and oxygen atoms in total. The number of carboxylic acid groups (broad SMARTS) is 1. The second kappa shape index (κ2) is 6.78. The lowest BCUT2D eigenvalue weighted by Gasteiger charge is -2.37. The van der Waals surface area contributed by atoms with Crippen LogP contribution in [0.15, 0.2) is 0 Å². The van der Waals surface area contributed by atoms with E-state index in [9.17, 15) is 30.0 Å². The van der Waals surface area contributed by atoms with Gasteiger partial charge in [0.1, 0.15) is 31.0 Å². The highest BCUT2D eigenvalue weighted by Gasteiger charge is 2.43. The summed E-state index contributed by atoms with van der Waals surface area (Å²) in [7, 11) is 0. The highest BCUT2D eigenvalue weighted by atomic mass is 16.6. The van der Waals surface area contributed by atoms with E-state index in [0.29, 0.717) is 0 Å². The Hall–Kier alpha value is -1.26. The van der Waals surface area contributed by atoms with Crippen molar-refractivity contribution in [1.82, 2.24) is 0 Å². The van der Waals surface area contributed by atoms with Crippen LogP contribution in [0.25, 0.3) is 0 Å². The highest BCUT2D eigenvalue weighted by Crippen LogP contribution is 2.20. The molecule has 0 saturated carbocycles. The lowest BCUT2D eigenvalue weighted by atomic mass is 9.99. The Morgan fingerprint density at radius 2 is 1.63 bits per heavy atom. The van der Waals surface area contributed by atoms with Crippen molar-refractivity contribution in [2.75, 3.05) is 6.61 Å². The Labute approximate surface area is 108 Å². The van der Waals surface area contributed by atoms with E-state index in [-0.39, 0.29) is 6.42 Å². The minimum Gasteiger partial charge on any atom is -0.481 e. The van der Waals surface area contributed by atoms with Crippen LogP contribution < -0.4 is 0 Å². The summed E-state index contributed by atoms with van der Waals surface area (Å²) in [5, 5.41) is 45.7. The molecule has 1 fully saturated rings. The number of carbonyl (C=O) groups is 2. The molecule has 1 saturated heterocycles. The minimum absolute atomic E-state index is 0.341. The van der Waals surface area contributed by atoms with Gasteiger partial charge in [-0.1, -0.05) is 0 Å². The lowest BCUT2D eigenvalue weighted by Crippen LogP contribution is -2.58. The van der Waals surface area contributed by atoms with E-state index in [1.165, 1.54) is 0 Å². The molecule has 0 aliphatic carbocycles. The molecule has 0 aromatic rings. The zero-order valence-corrected chi connectivity index (χ0v) is 9.88. The fourth-order valence-electron chi connectivity index (χ4n) is 1.52. The van der Waals surface area contributed by atoms with Gasteiger partial charge in [-0.05, 0) is 0 Å². The number of ether oxygens (including phenoxy) is 2. The van der Waals surface area contributed by atoms with Crippen molar-refractivity contribution in [3.05, 3.63) is 0 Å². The topological polar surface area (TPSA) is 154 Å². The van der Waals surface area contributed by atoms with Crippen molar-refractivity contribution in [3.8, 4) is 0 Å². The Morgan fingerprint density at radius 3 is 2.21 bits per heavy atom. The number of aliphatic carboxylic acids is 1. The lowest BCUT2D eigenvalue weighted by molar-refractivity contribution is -0.287. The maximum absolute atomic E-state index is 11.1. The maximum Gasteiger partial charge on any atom is 0.306 e. The molecule has 19 heavy (non-hydrogen) atoms. The van der Waals surface area contributed by atoms with Crippen molar-refractivity contribution < 1.29 is 44.6 Å². The van der Waals surface area contributed by atoms with E-state index in [1.807, 2.05) is 0 Å². The molecule has 0 bridgehead atoms. The third-order valence-corrected chi connectivity index (χ3v) is 2.64. The second-order valence-electron chi connectivity index (χ2n) is 4.11. The molecule has 0 aromatic heterocycles. The molecule has 0 spiro atoms. The molecule has 1 aliphatic heterocycles. The molecule has 1 heterocycles. The second-order valence-corrected chi connectivity index (χ2v) is 4.11. The Balaban J connectivity index is 2.40. The maximum atomic E-state index is 11.1. The summed E-state index contributed by atoms with van der Waals surface area (Å²) in [6, 6.07) is 0. The normalized spacial score (nSPS) is 34.8. The summed E-state index contributed by atoms with van der Waals surface area (Å²) >= 11 is 0. The van der Waals surface area contributed by atoms with Gasteiger partial charge in [-0.15, -0.1) is 0 Å². The predicted octanol–water partition coefficient (Wildman–Crippen LogP) is -2.81. The summed E-state index contributed by atoms with van der Waals surface area (Å²) in [6.45, 7) is -0.472. The van der Waals surface area contributed by atoms with Gasteiger partial charge in [0.25, 0.3) is 0 Å². The van der Waals surface area contributed by atoms with Crippen LogP contribution >= 0.6 is 0 Å². The third kappa shape index (κ3) is 4.40. The number of carbonyl (C=O) groups excluding carboxylic acids is 1. The third-order valence-electron chi connectivity index (χ3n) is 2.64. The summed E-state index contributed by atoms with van der Waals surface area (Å²) in [5.41, 5.74) is 0. The summed E-state index contributed by atoms with van der Waals surface area (Å²) in [6.07, 6.45) is -8.47. The minimum atomic E-state index is -1.71. The fourth-order valence-corrected chi connectivity index (χ4v) is 1.52. The first-order valence-electron chi connectivity index (χ1n) is 5.58. The molecule has 0 unspecified atom stereocenters. The van der Waals surface area contributed by atoms with Crippen LogP contribution in [0.3, 0.4) is 0 Å². The van der Waals surface area contributed by atoms with Gasteiger partial charge in [-0.25, -0.2) is 0 Å². The largest absolute Gasteiger partial charge is 0.481 e. The van der Waals surface area contributed by atoms with E-state index in [0.717, 1.165) is 0 Å². The zero-order chi connectivity index (χ0) is 14.6. The van der Waals surface area contributed by atoms with Crippen molar-refractivity contribution in [2.24, 2.45) is 0 Å². The summed E-state index contributed by atoms with van der Waals surface area (Å²) < 4.78 is 9.40. The number of hydrogen-bond acceptors (Lipinski definition) is 8. The zero-order valence-electron chi connectivity index (χ0n) is 9.88. The summed E-state index contributed by atoms with van der Waals surface area (Å²) in [4.78, 5) is 21.3. The quantitative estimate of drug-likeness (QED) is 0.336. The van der Waals surface area contributed by atoms with E-state index in [4.69, 9.17) is 9.84 Å². The Morgan fingerprint density at radius 1 is 1.00 bits per heavy atom. The molecular weight excluding hydrogens is 264 g/mol. The van der Waals surface area contributed by atoms with E-state index < -0.39 is 55.7 Å². The van der Waals surface area contributed by atoms with Crippen LogP contribution in [-0.4, -0.2) is 74.8 Å². The van der Waals surface area contributed by atoms with Gasteiger partial charge >= 0.3 is 11.9 Å². The number of carboxylic acids is 1. The van der Waals surface area contributed by atoms with Crippen molar-refractivity contribution in [3.63, 3.8) is 0 Å². The van der Waals surface area contributed by atoms with Gasteiger partial charge in [0, 0.05) is 0 Å². The number of esters is 1. The van der Waals surface area contributed by atoms with Gasteiger partial charge < -0.3 is 35.0 Å². The van der Waals surface area contributed by atoms with Crippen LogP contribution in [0.1, 0.15) is 12.8 Å². The average molecular weight is 280 g/mol. The SMILES string of the molecule is O=C(O)CCC(=O)OC[C@H]1O[C@H](O)[C@H](O)[C@@H](O)[C@H]1O. The van der Waals surface area contributed by atoms with Gasteiger partial charge in [-0.2, -0.15) is 0 Å². The predicted molar refractivity (Wildman–Crippen MR) is 56.7 cm³/mol. The van der Waals surface area contributed by atoms with E-state index in [1.54, 1.807) is 0 Å². The summed E-state index contributed by atoms with van der Waals surface area (Å²) in [5.74, 6) is -1.96. The van der Waals surface area contributed by atoms with E-state index in [2.05, 4.69) is 4.74 Å². The molecule has 0 amide bonds. The standard InChI is InChI=1S/C10H16O9/c11-5(12)1-2-6(13)18-3-4-7(14)8(15)9(16)10(17)19-4/h4,7-10,14-17H,1-3H2,(H,11,12)/t4-,7+,8+,9-,10+/m1/s1. The van der Waals surface area contributed by atoms with E-state index >= 15 is 0 Å². The first kappa shape index (κ1) is 15.8. The van der Waals surface area contributed by atoms with Crippen LogP contribution in [0.4, 0.5) is 0 Å². The number of aliphatic hydroxyl groups excluding tert-OH is 4. The monoisotopic (exact) mass is 280 g/mol. The molecule has 1 aliphatic rings. The molecule has 5 N–H and O–H groups in total. The van der Waals surface area contributed by atoms with Crippen LogP contribution in [0.5, 0.6) is 0 Å². The van der Waals surface area contributed by atoms with Gasteiger partial charge in [-0.3, -0.25) is 9.59 Å². The van der Waals surface area contributed by atoms with Crippen LogP contribution in [0, 0.1) is 0 Å². The molecule has 9 heteroatoms. The smallest absolute Gasteiger partial charge is 0.306 e. The Bertz CT molecular complexity index is 331. The number of hydrogen-bond donors (Lipinski definition) is 5. The molecular formula is C10H16O9. The number of rotatable bonds is 5.